The Hall–Kier alpha value is -3.83. The molecule has 0 spiro atoms. The molecule has 7 atom stereocenters. The van der Waals surface area contributed by atoms with E-state index in [1.807, 2.05) is 54.6 Å². The van der Waals surface area contributed by atoms with Gasteiger partial charge in [0.2, 0.25) is 11.8 Å². The number of fused-ring (bicyclic) bond motifs is 2. The predicted molar refractivity (Wildman–Crippen MR) is 211 cm³/mol. The van der Waals surface area contributed by atoms with Gasteiger partial charge < -0.3 is 34.3 Å². The van der Waals surface area contributed by atoms with E-state index in [-0.39, 0.29) is 37.8 Å². The van der Waals surface area contributed by atoms with Gasteiger partial charge in [-0.05, 0) is 67.4 Å². The Morgan fingerprint density at radius 3 is 2.45 bits per heavy atom. The SMILES string of the molecule is CCCCCC1(CCCCC)OC2C=C(C(=O)N(C)C(Cc3ccccc3)C(=O)NCCO)CC(OC(=O)c3cccc(C=CC4CCC5OC5C4)c3)C2O1. The van der Waals surface area contributed by atoms with Crippen LogP contribution in [0.1, 0.15) is 112 Å². The van der Waals surface area contributed by atoms with Crippen LogP contribution in [0.15, 0.2) is 72.3 Å². The van der Waals surface area contributed by atoms with Crippen LogP contribution in [0.25, 0.3) is 6.08 Å². The van der Waals surface area contributed by atoms with Crippen molar-refractivity contribution >= 4 is 23.9 Å². The maximum Gasteiger partial charge on any atom is 0.338 e. The maximum absolute atomic E-state index is 14.4. The number of ether oxygens (including phenoxy) is 4. The monoisotopic (exact) mass is 756 g/mol. The van der Waals surface area contributed by atoms with E-state index < -0.39 is 36.1 Å². The molecule has 3 fully saturated rings. The number of likely N-dealkylation sites (N-methyl/N-ethyl adjacent to an activating group) is 1. The highest BCUT2D eigenvalue weighted by Crippen LogP contribution is 2.44. The number of aliphatic hydroxyl groups excluding tert-OH is 1. The lowest BCUT2D eigenvalue weighted by atomic mass is 9.88. The fourth-order valence-corrected chi connectivity index (χ4v) is 8.33. The second-order valence-electron chi connectivity index (χ2n) is 15.7. The first-order valence-corrected chi connectivity index (χ1v) is 20.6. The molecule has 2 aromatic carbocycles. The number of carbonyl (C=O) groups is 3. The van der Waals surface area contributed by atoms with E-state index >= 15 is 0 Å². The number of aliphatic hydroxyl groups is 1. The van der Waals surface area contributed by atoms with E-state index in [0.717, 1.165) is 68.9 Å². The Kier molecular flexibility index (Phi) is 14.4. The lowest BCUT2D eigenvalue weighted by Gasteiger charge is -2.33. The molecule has 1 saturated carbocycles. The van der Waals surface area contributed by atoms with Gasteiger partial charge in [0.1, 0.15) is 24.4 Å². The molecular formula is C45H60N2O8. The number of hydrogen-bond acceptors (Lipinski definition) is 8. The first-order chi connectivity index (χ1) is 26.7. The molecule has 298 valence electrons. The fourth-order valence-electron chi connectivity index (χ4n) is 8.33. The Labute approximate surface area is 326 Å². The number of rotatable bonds is 19. The van der Waals surface area contributed by atoms with Crippen molar-refractivity contribution in [2.45, 2.75) is 140 Å². The zero-order chi connectivity index (χ0) is 38.8. The largest absolute Gasteiger partial charge is 0.456 e. The molecule has 7 unspecified atom stereocenters. The molecule has 4 aliphatic rings. The molecule has 55 heavy (non-hydrogen) atoms. The van der Waals surface area contributed by atoms with Crippen molar-refractivity contribution in [1.29, 1.82) is 0 Å². The van der Waals surface area contributed by atoms with E-state index in [0.29, 0.717) is 42.1 Å². The summed E-state index contributed by atoms with van der Waals surface area (Å²) in [7, 11) is 1.62. The van der Waals surface area contributed by atoms with Crippen LogP contribution in [-0.4, -0.2) is 90.3 Å². The summed E-state index contributed by atoms with van der Waals surface area (Å²) >= 11 is 0. The minimum absolute atomic E-state index is 0.0768. The van der Waals surface area contributed by atoms with Gasteiger partial charge in [0.05, 0.1) is 24.4 Å². The quantitative estimate of drug-likeness (QED) is 0.0897. The zero-order valence-electron chi connectivity index (χ0n) is 32.8. The van der Waals surface area contributed by atoms with Crippen molar-refractivity contribution in [3.63, 3.8) is 0 Å². The number of nitrogens with one attached hydrogen (secondary N) is 1. The minimum atomic E-state index is -0.847. The third-order valence-corrected chi connectivity index (χ3v) is 11.5. The molecule has 2 saturated heterocycles. The average Bonchev–Trinajstić information content (AvgIpc) is 3.89. The summed E-state index contributed by atoms with van der Waals surface area (Å²) in [5, 5.41) is 12.2. The summed E-state index contributed by atoms with van der Waals surface area (Å²) in [6.45, 7) is 4.20. The Morgan fingerprint density at radius 1 is 0.982 bits per heavy atom. The van der Waals surface area contributed by atoms with Crippen LogP contribution in [0.4, 0.5) is 0 Å². The molecular weight excluding hydrogens is 697 g/mol. The summed E-state index contributed by atoms with van der Waals surface area (Å²) < 4.78 is 25.7. The second-order valence-corrected chi connectivity index (χ2v) is 15.7. The number of unbranched alkanes of at least 4 members (excludes halogenated alkanes) is 4. The van der Waals surface area contributed by atoms with Crippen LogP contribution in [0.5, 0.6) is 0 Å². The third-order valence-electron chi connectivity index (χ3n) is 11.5. The standard InChI is InChI=1S/C45H60N2O8/c1-4-6-11-22-45(23-12-7-5-2)54-40-30-35(43(50)47(3)36(42(49)46-24-25-48)27-31-14-9-8-10-15-31)29-39(41(40)55-45)53-44(51)34-17-13-16-32(26-34)18-19-33-20-21-37-38(28-33)52-37/h8-10,13-19,26,30,33,36-41,48H,4-7,11-12,20-25,27-29H2,1-3H3,(H,46,49). The van der Waals surface area contributed by atoms with Crippen LogP contribution in [0.3, 0.4) is 0 Å². The molecule has 10 nitrogen and oxygen atoms in total. The number of epoxide rings is 1. The summed E-state index contributed by atoms with van der Waals surface area (Å²) in [6, 6.07) is 16.1. The summed E-state index contributed by atoms with van der Waals surface area (Å²) in [6.07, 6.45) is 16.1. The normalized spacial score (nSPS) is 25.7. The van der Waals surface area contributed by atoms with Crippen LogP contribution in [0.2, 0.25) is 0 Å². The number of carbonyl (C=O) groups excluding carboxylic acids is 3. The van der Waals surface area contributed by atoms with Crippen molar-refractivity contribution in [3.8, 4) is 0 Å². The molecule has 2 N–H and O–H groups in total. The number of benzene rings is 2. The minimum Gasteiger partial charge on any atom is -0.456 e. The highest BCUT2D eigenvalue weighted by Gasteiger charge is 2.53. The van der Waals surface area contributed by atoms with Gasteiger partial charge in [-0.1, -0.05) is 94.1 Å². The van der Waals surface area contributed by atoms with Crippen molar-refractivity contribution in [1.82, 2.24) is 10.2 Å². The topological polar surface area (TPSA) is 127 Å². The van der Waals surface area contributed by atoms with E-state index in [4.69, 9.17) is 18.9 Å². The molecule has 0 radical (unpaired) electrons. The number of hydrogen-bond donors (Lipinski definition) is 2. The molecule has 10 heteroatoms. The zero-order valence-corrected chi connectivity index (χ0v) is 32.8. The van der Waals surface area contributed by atoms with Gasteiger partial charge in [0.15, 0.2) is 5.79 Å². The highest BCUT2D eigenvalue weighted by atomic mass is 16.8. The Balaban J connectivity index is 1.24. The second kappa shape index (κ2) is 19.4. The maximum atomic E-state index is 14.4. The molecule has 2 amide bonds. The molecule has 2 aromatic rings. The van der Waals surface area contributed by atoms with Gasteiger partial charge in [-0.3, -0.25) is 9.59 Å². The van der Waals surface area contributed by atoms with Crippen molar-refractivity contribution < 1.29 is 38.4 Å². The Morgan fingerprint density at radius 2 is 1.75 bits per heavy atom. The van der Waals surface area contributed by atoms with Crippen LogP contribution < -0.4 is 5.32 Å². The van der Waals surface area contributed by atoms with E-state index in [1.165, 1.54) is 4.90 Å². The summed E-state index contributed by atoms with van der Waals surface area (Å²) in [4.78, 5) is 43.3. The van der Waals surface area contributed by atoms with Gasteiger partial charge in [-0.2, -0.15) is 0 Å². The van der Waals surface area contributed by atoms with Crippen LogP contribution in [-0.2, 0) is 35.0 Å². The lowest BCUT2D eigenvalue weighted by molar-refractivity contribution is -0.190. The van der Waals surface area contributed by atoms with Crippen LogP contribution >= 0.6 is 0 Å². The smallest absolute Gasteiger partial charge is 0.338 e. The van der Waals surface area contributed by atoms with Gasteiger partial charge >= 0.3 is 5.97 Å². The van der Waals surface area contributed by atoms with Gasteiger partial charge in [-0.15, -0.1) is 0 Å². The first kappa shape index (κ1) is 40.8. The van der Waals surface area contributed by atoms with Crippen molar-refractivity contribution in [2.75, 3.05) is 20.2 Å². The number of esters is 1. The molecule has 2 aliphatic heterocycles. The number of allylic oxidation sites excluding steroid dienone is 1. The summed E-state index contributed by atoms with van der Waals surface area (Å²) in [5.41, 5.74) is 2.64. The molecule has 0 aromatic heterocycles. The van der Waals surface area contributed by atoms with E-state index in [1.54, 1.807) is 13.1 Å². The lowest BCUT2D eigenvalue weighted by Crippen LogP contribution is -2.51. The molecule has 2 aliphatic carbocycles. The predicted octanol–water partition coefficient (Wildman–Crippen LogP) is 6.94. The fraction of sp³-hybridized carbons (Fsp3) is 0.578. The van der Waals surface area contributed by atoms with Crippen LogP contribution in [0, 0.1) is 5.92 Å². The van der Waals surface area contributed by atoms with Gasteiger partial charge in [0, 0.05) is 44.8 Å². The Bertz CT molecular complexity index is 1650. The number of nitrogens with zero attached hydrogens (tertiary/aromatic N) is 1. The first-order valence-electron chi connectivity index (χ1n) is 20.6. The average molecular weight is 757 g/mol. The van der Waals surface area contributed by atoms with Gasteiger partial charge in [0.25, 0.3) is 0 Å². The number of amides is 2. The molecule has 2 heterocycles. The molecule has 6 rings (SSSR count). The van der Waals surface area contributed by atoms with E-state index in [9.17, 15) is 19.5 Å². The van der Waals surface area contributed by atoms with Crippen molar-refractivity contribution in [3.05, 3.63) is 89.0 Å². The van der Waals surface area contributed by atoms with E-state index in [2.05, 4.69) is 31.3 Å². The highest BCUT2D eigenvalue weighted by molar-refractivity contribution is 5.97. The van der Waals surface area contributed by atoms with Crippen molar-refractivity contribution in [2.24, 2.45) is 5.92 Å². The summed E-state index contributed by atoms with van der Waals surface area (Å²) in [5.74, 6) is -1.59. The van der Waals surface area contributed by atoms with Gasteiger partial charge in [-0.25, -0.2) is 4.79 Å². The third kappa shape index (κ3) is 10.7. The molecule has 0 bridgehead atoms.